The van der Waals surface area contributed by atoms with Gasteiger partial charge in [-0.2, -0.15) is 0 Å². The zero-order chi connectivity index (χ0) is 24.9. The van der Waals surface area contributed by atoms with E-state index in [1.54, 1.807) is 67.6 Å². The summed E-state index contributed by atoms with van der Waals surface area (Å²) in [5.41, 5.74) is 0.911. The molecule has 0 bridgehead atoms. The Hall–Kier alpha value is -3.37. The molecule has 0 aliphatic heterocycles. The zero-order valence-electron chi connectivity index (χ0n) is 19.0. The zero-order valence-corrected chi connectivity index (χ0v) is 20.6. The van der Waals surface area contributed by atoms with Crippen LogP contribution in [0.5, 0.6) is 11.5 Å². The molecule has 1 N–H and O–H groups in total. The molecule has 3 rings (SSSR count). The number of hydrogen-bond acceptors (Lipinski definition) is 6. The van der Waals surface area contributed by atoms with Crippen LogP contribution >= 0.6 is 0 Å². The molecule has 0 unspecified atom stereocenters. The van der Waals surface area contributed by atoms with Crippen LogP contribution in [0.4, 0.5) is 5.69 Å². The fraction of sp³-hybridized carbons (Fsp3) is 0.208. The van der Waals surface area contributed by atoms with E-state index in [9.17, 15) is 21.6 Å². The molecule has 0 spiro atoms. The lowest BCUT2D eigenvalue weighted by Gasteiger charge is -2.25. The van der Waals surface area contributed by atoms with Crippen LogP contribution in [-0.4, -0.2) is 41.8 Å². The van der Waals surface area contributed by atoms with Gasteiger partial charge in [0.1, 0.15) is 12.3 Å². The number of nitrogens with zero attached hydrogens (tertiary/aromatic N) is 1. The Morgan fingerprint density at radius 2 is 1.47 bits per heavy atom. The first-order valence-electron chi connectivity index (χ1n) is 10.3. The Bertz CT molecular complexity index is 1360. The molecule has 0 aliphatic carbocycles. The van der Waals surface area contributed by atoms with Crippen LogP contribution in [-0.2, 0) is 24.7 Å². The number of sulfone groups is 1. The Kier molecular flexibility index (Phi) is 7.63. The normalized spacial score (nSPS) is 12.6. The molecule has 3 aromatic carbocycles. The molecule has 0 saturated heterocycles. The van der Waals surface area contributed by atoms with Crippen molar-refractivity contribution in [3.05, 3.63) is 84.4 Å². The van der Waals surface area contributed by atoms with Crippen molar-refractivity contribution in [3.8, 4) is 11.5 Å². The Balaban J connectivity index is 1.79. The average Bonchev–Trinajstić information content (AvgIpc) is 2.77. The molecular formula is C24H26N2O6S2. The highest BCUT2D eigenvalue weighted by molar-refractivity contribution is 7.92. The maximum Gasteiger partial charge on any atom is 0.241 e. The van der Waals surface area contributed by atoms with E-state index in [2.05, 4.69) is 5.32 Å². The van der Waals surface area contributed by atoms with Gasteiger partial charge in [0, 0.05) is 6.26 Å². The van der Waals surface area contributed by atoms with Crippen molar-refractivity contribution in [2.75, 3.05) is 23.4 Å². The summed E-state index contributed by atoms with van der Waals surface area (Å²) in [5, 5.41) is 2.76. The maximum absolute atomic E-state index is 12.8. The van der Waals surface area contributed by atoms with Crippen LogP contribution in [0.25, 0.3) is 0 Å². The number of ether oxygens (including phenoxy) is 1. The van der Waals surface area contributed by atoms with Crippen molar-refractivity contribution in [1.29, 1.82) is 0 Å². The van der Waals surface area contributed by atoms with E-state index in [-0.39, 0.29) is 16.3 Å². The van der Waals surface area contributed by atoms with Gasteiger partial charge in [-0.15, -0.1) is 0 Å². The van der Waals surface area contributed by atoms with Gasteiger partial charge < -0.3 is 10.1 Å². The molecular weight excluding hydrogens is 476 g/mol. The second-order valence-electron chi connectivity index (χ2n) is 7.78. The van der Waals surface area contributed by atoms with Crippen LogP contribution in [0, 0.1) is 0 Å². The number of sulfonamides is 1. The minimum absolute atomic E-state index is 0.174. The number of hydrogen-bond donors (Lipinski definition) is 1. The first-order valence-corrected chi connectivity index (χ1v) is 14.1. The van der Waals surface area contributed by atoms with E-state index in [0.29, 0.717) is 11.3 Å². The van der Waals surface area contributed by atoms with Gasteiger partial charge in [-0.3, -0.25) is 9.10 Å². The summed E-state index contributed by atoms with van der Waals surface area (Å²) in [5.74, 6) is 0.287. The first kappa shape index (κ1) is 25.3. The van der Waals surface area contributed by atoms with Gasteiger partial charge in [0.25, 0.3) is 0 Å². The SMILES string of the molecule is C[C@H](NC(=O)CN(c1ccccc1Oc1ccccc1)S(C)(=O)=O)c1ccc(S(C)(=O)=O)cc1. The lowest BCUT2D eigenvalue weighted by molar-refractivity contribution is -0.120. The molecule has 0 fully saturated rings. The fourth-order valence-electron chi connectivity index (χ4n) is 3.25. The van der Waals surface area contributed by atoms with Gasteiger partial charge in [0.2, 0.25) is 15.9 Å². The monoisotopic (exact) mass is 502 g/mol. The van der Waals surface area contributed by atoms with Gasteiger partial charge in [0.15, 0.2) is 15.6 Å². The largest absolute Gasteiger partial charge is 0.455 e. The van der Waals surface area contributed by atoms with Crippen molar-refractivity contribution in [1.82, 2.24) is 5.32 Å². The number of carbonyl (C=O) groups excluding carboxylic acids is 1. The lowest BCUT2D eigenvalue weighted by Crippen LogP contribution is -2.41. The molecule has 0 aromatic heterocycles. The quantitative estimate of drug-likeness (QED) is 0.479. The number of amides is 1. The molecule has 0 aliphatic rings. The highest BCUT2D eigenvalue weighted by Crippen LogP contribution is 2.33. The molecule has 180 valence electrons. The number of para-hydroxylation sites is 3. The molecule has 0 radical (unpaired) electrons. The fourth-order valence-corrected chi connectivity index (χ4v) is 4.74. The molecule has 1 amide bonds. The van der Waals surface area contributed by atoms with E-state index >= 15 is 0 Å². The number of carbonyl (C=O) groups is 1. The molecule has 1 atom stereocenters. The maximum atomic E-state index is 12.8. The van der Waals surface area contributed by atoms with E-state index in [4.69, 9.17) is 4.74 Å². The van der Waals surface area contributed by atoms with Gasteiger partial charge in [-0.1, -0.05) is 42.5 Å². The smallest absolute Gasteiger partial charge is 0.241 e. The van der Waals surface area contributed by atoms with Crippen LogP contribution in [0.3, 0.4) is 0 Å². The highest BCUT2D eigenvalue weighted by atomic mass is 32.2. The summed E-state index contributed by atoms with van der Waals surface area (Å²) in [4.78, 5) is 13.0. The highest BCUT2D eigenvalue weighted by Gasteiger charge is 2.25. The molecule has 34 heavy (non-hydrogen) atoms. The number of rotatable bonds is 9. The number of nitrogens with one attached hydrogen (secondary N) is 1. The van der Waals surface area contributed by atoms with Gasteiger partial charge in [-0.05, 0) is 48.9 Å². The van der Waals surface area contributed by atoms with E-state index in [0.717, 1.165) is 16.8 Å². The summed E-state index contributed by atoms with van der Waals surface area (Å²) in [6.45, 7) is 1.27. The average molecular weight is 503 g/mol. The molecule has 0 heterocycles. The summed E-state index contributed by atoms with van der Waals surface area (Å²) >= 11 is 0. The third-order valence-corrected chi connectivity index (χ3v) is 7.23. The van der Waals surface area contributed by atoms with Crippen LogP contribution in [0.1, 0.15) is 18.5 Å². The molecule has 3 aromatic rings. The van der Waals surface area contributed by atoms with Crippen LogP contribution in [0.2, 0.25) is 0 Å². The van der Waals surface area contributed by atoms with Crippen LogP contribution < -0.4 is 14.4 Å². The predicted octanol–water partition coefficient (Wildman–Crippen LogP) is 3.53. The van der Waals surface area contributed by atoms with Crippen molar-refractivity contribution >= 4 is 31.5 Å². The Morgan fingerprint density at radius 3 is 2.06 bits per heavy atom. The summed E-state index contributed by atoms with van der Waals surface area (Å²) < 4.78 is 55.3. The number of benzene rings is 3. The minimum atomic E-state index is -3.82. The summed E-state index contributed by atoms with van der Waals surface area (Å²) in [7, 11) is -7.16. The lowest BCUT2D eigenvalue weighted by atomic mass is 10.1. The third kappa shape index (κ3) is 6.58. The van der Waals surface area contributed by atoms with Crippen molar-refractivity contribution in [2.24, 2.45) is 0 Å². The molecule has 10 heteroatoms. The van der Waals surface area contributed by atoms with Crippen molar-refractivity contribution in [2.45, 2.75) is 17.9 Å². The second kappa shape index (κ2) is 10.3. The topological polar surface area (TPSA) is 110 Å². The number of anilines is 1. The van der Waals surface area contributed by atoms with E-state index < -0.39 is 38.4 Å². The third-order valence-electron chi connectivity index (χ3n) is 4.98. The Labute approximate surface area is 200 Å². The van der Waals surface area contributed by atoms with Gasteiger partial charge >= 0.3 is 0 Å². The second-order valence-corrected chi connectivity index (χ2v) is 11.7. The summed E-state index contributed by atoms with van der Waals surface area (Å²) in [6.07, 6.45) is 2.14. The standard InChI is InChI=1S/C24H26N2O6S2/c1-18(19-13-15-21(16-14-19)33(2,28)29)25-24(27)17-26(34(3,30)31)22-11-7-8-12-23(22)32-20-9-5-4-6-10-20/h4-16,18H,17H2,1-3H3,(H,25,27)/t18-/m0/s1. The first-order chi connectivity index (χ1) is 15.9. The predicted molar refractivity (Wildman–Crippen MR) is 131 cm³/mol. The van der Waals surface area contributed by atoms with Crippen molar-refractivity contribution in [3.63, 3.8) is 0 Å². The van der Waals surface area contributed by atoms with E-state index in [1.165, 1.54) is 12.1 Å². The minimum Gasteiger partial charge on any atom is -0.455 e. The van der Waals surface area contributed by atoms with Gasteiger partial charge in [-0.25, -0.2) is 16.8 Å². The summed E-state index contributed by atoms with van der Waals surface area (Å²) in [6, 6.07) is 21.2. The van der Waals surface area contributed by atoms with Crippen molar-refractivity contribution < 1.29 is 26.4 Å². The van der Waals surface area contributed by atoms with E-state index in [1.807, 2.05) is 6.07 Å². The molecule has 8 nitrogen and oxygen atoms in total. The Morgan fingerprint density at radius 1 is 0.882 bits per heavy atom. The van der Waals surface area contributed by atoms with Gasteiger partial charge in [0.05, 0.1) is 22.9 Å². The molecule has 0 saturated carbocycles. The van der Waals surface area contributed by atoms with Crippen LogP contribution in [0.15, 0.2) is 83.8 Å².